The van der Waals surface area contributed by atoms with E-state index in [1.807, 2.05) is 19.1 Å². The van der Waals surface area contributed by atoms with Crippen LogP contribution in [0.5, 0.6) is 0 Å². The minimum Gasteiger partial charge on any atom is -0.312 e. The summed E-state index contributed by atoms with van der Waals surface area (Å²) < 4.78 is 60.9. The van der Waals surface area contributed by atoms with E-state index in [0.717, 1.165) is 16.8 Å². The number of likely N-dealkylation sites (N-methyl/N-ethyl adjacent to an activating group) is 1. The Bertz CT molecular complexity index is 990. The summed E-state index contributed by atoms with van der Waals surface area (Å²) in [6.07, 6.45) is 3.10. The van der Waals surface area contributed by atoms with Crippen LogP contribution in [0.1, 0.15) is 18.1 Å². The van der Waals surface area contributed by atoms with Gasteiger partial charge in [0.1, 0.15) is 0 Å². The van der Waals surface area contributed by atoms with E-state index in [1.54, 1.807) is 17.0 Å². The lowest BCUT2D eigenvalue weighted by molar-refractivity contribution is -0.117. The minimum atomic E-state index is -5.42. The predicted octanol–water partition coefficient (Wildman–Crippen LogP) is 2.60. The Labute approximate surface area is 154 Å². The molecule has 1 N–H and O–H groups in total. The van der Waals surface area contributed by atoms with Crippen molar-refractivity contribution in [3.63, 3.8) is 0 Å². The number of aromatic nitrogens is 1. The number of carbonyl (C=O) groups is 1. The summed E-state index contributed by atoms with van der Waals surface area (Å²) in [5.41, 5.74) is -2.02. The van der Waals surface area contributed by atoms with Gasteiger partial charge in [-0.2, -0.15) is 13.2 Å². The Morgan fingerprint density at radius 2 is 1.93 bits per heavy atom. The maximum absolute atomic E-state index is 12.4. The maximum Gasteiger partial charge on any atom is 0.511 e. The lowest BCUT2D eigenvalue weighted by atomic mass is 10.0. The molecular formula is C17H16F3N3O3S. The number of nitrogens with zero attached hydrogens (tertiary/aromatic N) is 2. The maximum atomic E-state index is 12.4. The molecule has 0 aliphatic carbocycles. The molecule has 0 fully saturated rings. The predicted molar refractivity (Wildman–Crippen MR) is 93.2 cm³/mol. The van der Waals surface area contributed by atoms with Gasteiger partial charge in [0.15, 0.2) is 0 Å². The molecule has 0 spiro atoms. The molecule has 6 nitrogen and oxygen atoms in total. The van der Waals surface area contributed by atoms with Crippen molar-refractivity contribution in [1.82, 2.24) is 9.71 Å². The highest BCUT2D eigenvalue weighted by Gasteiger charge is 2.45. The Kier molecular flexibility index (Phi) is 4.96. The van der Waals surface area contributed by atoms with Crippen LogP contribution >= 0.6 is 0 Å². The van der Waals surface area contributed by atoms with Gasteiger partial charge in [0, 0.05) is 36.7 Å². The molecule has 3 rings (SSSR count). The Hall–Kier alpha value is -2.46. The van der Waals surface area contributed by atoms with Crippen molar-refractivity contribution < 1.29 is 26.4 Å². The molecule has 2 aromatic rings. The third-order valence-electron chi connectivity index (χ3n) is 4.23. The molecule has 0 atom stereocenters. The number of amides is 1. The van der Waals surface area contributed by atoms with Crippen molar-refractivity contribution in [2.75, 3.05) is 11.4 Å². The SMILES string of the molecule is CCN1C(=O)Cc2cc(-c3cncc(CNS(=O)(=O)C(F)(F)F)c3)ccc21. The van der Waals surface area contributed by atoms with E-state index in [0.29, 0.717) is 12.1 Å². The van der Waals surface area contributed by atoms with Crippen molar-refractivity contribution >= 4 is 21.6 Å². The normalized spacial score (nSPS) is 14.5. The van der Waals surface area contributed by atoms with Crippen molar-refractivity contribution in [2.24, 2.45) is 0 Å². The number of pyridine rings is 1. The van der Waals surface area contributed by atoms with Crippen molar-refractivity contribution in [3.05, 3.63) is 47.8 Å². The summed E-state index contributed by atoms with van der Waals surface area (Å²) >= 11 is 0. The van der Waals surface area contributed by atoms with Crippen LogP contribution < -0.4 is 9.62 Å². The fourth-order valence-corrected chi connectivity index (χ4v) is 3.43. The number of halogens is 3. The summed E-state index contributed by atoms with van der Waals surface area (Å²) in [6.45, 7) is 1.92. The molecule has 1 amide bonds. The molecule has 0 bridgehead atoms. The number of fused-ring (bicyclic) bond motifs is 1. The third kappa shape index (κ3) is 3.81. The number of alkyl halides is 3. The highest BCUT2D eigenvalue weighted by molar-refractivity contribution is 7.90. The molecule has 1 aliphatic rings. The zero-order chi connectivity index (χ0) is 19.8. The molecular weight excluding hydrogens is 383 g/mol. The van der Waals surface area contributed by atoms with Crippen LogP contribution in [0.4, 0.5) is 18.9 Å². The van der Waals surface area contributed by atoms with Gasteiger partial charge in [-0.05, 0) is 41.8 Å². The molecule has 144 valence electrons. The monoisotopic (exact) mass is 399 g/mol. The number of sulfonamides is 1. The topological polar surface area (TPSA) is 79.4 Å². The van der Waals surface area contributed by atoms with Crippen LogP contribution in [-0.2, 0) is 27.8 Å². The second-order valence-corrected chi connectivity index (χ2v) is 7.77. The molecule has 10 heteroatoms. The van der Waals surface area contributed by atoms with Gasteiger partial charge in [0.2, 0.25) is 5.91 Å². The summed E-state index contributed by atoms with van der Waals surface area (Å²) in [6, 6.07) is 7.00. The van der Waals surface area contributed by atoms with Gasteiger partial charge in [0.25, 0.3) is 0 Å². The van der Waals surface area contributed by atoms with Gasteiger partial charge in [-0.15, -0.1) is 0 Å². The van der Waals surface area contributed by atoms with Crippen molar-refractivity contribution in [2.45, 2.75) is 25.4 Å². The third-order valence-corrected chi connectivity index (χ3v) is 5.36. The van der Waals surface area contributed by atoms with Gasteiger partial charge in [-0.25, -0.2) is 13.1 Å². The summed E-state index contributed by atoms with van der Waals surface area (Å²) in [5, 5.41) is 0. The number of benzene rings is 1. The summed E-state index contributed by atoms with van der Waals surface area (Å²) in [4.78, 5) is 17.6. The van der Waals surface area contributed by atoms with Crippen LogP contribution in [0.3, 0.4) is 0 Å². The lowest BCUT2D eigenvalue weighted by Crippen LogP contribution is -2.36. The quantitative estimate of drug-likeness (QED) is 0.838. The van der Waals surface area contributed by atoms with Gasteiger partial charge in [0.05, 0.1) is 6.42 Å². The fraction of sp³-hybridized carbons (Fsp3) is 0.294. The van der Waals surface area contributed by atoms with Crippen LogP contribution in [0.25, 0.3) is 11.1 Å². The number of rotatable bonds is 5. The molecule has 1 aromatic heterocycles. The first-order valence-electron chi connectivity index (χ1n) is 8.06. The highest BCUT2D eigenvalue weighted by atomic mass is 32.2. The first kappa shape index (κ1) is 19.3. The van der Waals surface area contributed by atoms with E-state index in [2.05, 4.69) is 4.98 Å². The number of carbonyl (C=O) groups excluding carboxylic acids is 1. The molecule has 1 aliphatic heterocycles. The van der Waals surface area contributed by atoms with Crippen LogP contribution in [-0.4, -0.2) is 31.4 Å². The molecule has 0 radical (unpaired) electrons. The Morgan fingerprint density at radius 1 is 1.19 bits per heavy atom. The number of nitrogens with one attached hydrogen (secondary N) is 1. The molecule has 0 unspecified atom stereocenters. The van der Waals surface area contributed by atoms with E-state index in [9.17, 15) is 26.4 Å². The first-order valence-corrected chi connectivity index (χ1v) is 9.54. The second kappa shape index (κ2) is 6.93. The van der Waals surface area contributed by atoms with Crippen LogP contribution in [0.15, 0.2) is 36.7 Å². The van der Waals surface area contributed by atoms with Crippen molar-refractivity contribution in [3.8, 4) is 11.1 Å². The average molecular weight is 399 g/mol. The largest absolute Gasteiger partial charge is 0.511 e. The molecule has 0 saturated heterocycles. The molecule has 2 heterocycles. The van der Waals surface area contributed by atoms with Gasteiger partial charge < -0.3 is 4.90 Å². The zero-order valence-electron chi connectivity index (χ0n) is 14.2. The lowest BCUT2D eigenvalue weighted by Gasteiger charge is -2.15. The minimum absolute atomic E-state index is 0.0121. The smallest absolute Gasteiger partial charge is 0.312 e. The Balaban J connectivity index is 1.83. The van der Waals surface area contributed by atoms with Crippen LogP contribution in [0.2, 0.25) is 0 Å². The highest BCUT2D eigenvalue weighted by Crippen LogP contribution is 2.33. The van der Waals surface area contributed by atoms with E-state index in [-0.39, 0.29) is 17.9 Å². The van der Waals surface area contributed by atoms with E-state index in [1.165, 1.54) is 17.1 Å². The number of hydrogen-bond donors (Lipinski definition) is 1. The summed E-state index contributed by atoms with van der Waals surface area (Å²) in [5.74, 6) is 0.0121. The fourth-order valence-electron chi connectivity index (χ4n) is 2.91. The average Bonchev–Trinajstić information content (AvgIpc) is 2.93. The number of hydrogen-bond acceptors (Lipinski definition) is 4. The molecule has 1 aromatic carbocycles. The van der Waals surface area contributed by atoms with Crippen LogP contribution in [0, 0.1) is 0 Å². The van der Waals surface area contributed by atoms with Gasteiger partial charge in [-0.1, -0.05) is 6.07 Å². The van der Waals surface area contributed by atoms with E-state index >= 15 is 0 Å². The Morgan fingerprint density at radius 3 is 2.59 bits per heavy atom. The standard InChI is InChI=1S/C17H16F3N3O3S/c1-2-23-15-4-3-12(6-13(15)7-16(23)24)14-5-11(8-21-10-14)9-22-27(25,26)17(18,19)20/h3-6,8,10,22H,2,7,9H2,1H3. The number of anilines is 1. The molecule has 0 saturated carbocycles. The zero-order valence-corrected chi connectivity index (χ0v) is 15.1. The van der Waals surface area contributed by atoms with Gasteiger partial charge in [-0.3, -0.25) is 9.78 Å². The van der Waals surface area contributed by atoms with Crippen molar-refractivity contribution in [1.29, 1.82) is 0 Å². The van der Waals surface area contributed by atoms with E-state index < -0.39 is 22.1 Å². The van der Waals surface area contributed by atoms with E-state index in [4.69, 9.17) is 0 Å². The molecule has 27 heavy (non-hydrogen) atoms. The summed E-state index contributed by atoms with van der Waals surface area (Å²) in [7, 11) is -5.42. The first-order chi connectivity index (χ1) is 12.6. The second-order valence-electron chi connectivity index (χ2n) is 6.01. The van der Waals surface area contributed by atoms with Gasteiger partial charge >= 0.3 is 15.5 Å².